The van der Waals surface area contributed by atoms with E-state index in [1.54, 1.807) is 13.3 Å². The van der Waals surface area contributed by atoms with Crippen LogP contribution < -0.4 is 10.1 Å². The second kappa shape index (κ2) is 7.18. The highest BCUT2D eigenvalue weighted by atomic mass is 16.5. The lowest BCUT2D eigenvalue weighted by atomic mass is 10.1. The van der Waals surface area contributed by atoms with E-state index in [1.165, 1.54) is 0 Å². The zero-order valence-electron chi connectivity index (χ0n) is 10.7. The van der Waals surface area contributed by atoms with E-state index in [0.717, 1.165) is 31.9 Å². The summed E-state index contributed by atoms with van der Waals surface area (Å²) >= 11 is 0. The Morgan fingerprint density at radius 3 is 3.06 bits per heavy atom. The summed E-state index contributed by atoms with van der Waals surface area (Å²) in [5.41, 5.74) is 1.01. The van der Waals surface area contributed by atoms with Crippen molar-refractivity contribution in [1.82, 2.24) is 4.98 Å². The SMILES string of the molecule is COCCOc1ccc(NCC2CCOC2)cn1. The molecule has 1 saturated heterocycles. The first-order valence-corrected chi connectivity index (χ1v) is 6.28. The van der Waals surface area contributed by atoms with E-state index in [9.17, 15) is 0 Å². The molecule has 1 fully saturated rings. The Hall–Kier alpha value is -1.33. The first-order chi connectivity index (χ1) is 8.88. The quantitative estimate of drug-likeness (QED) is 0.746. The molecular weight excluding hydrogens is 232 g/mol. The van der Waals surface area contributed by atoms with Gasteiger partial charge in [0, 0.05) is 32.2 Å². The van der Waals surface area contributed by atoms with Crippen LogP contribution >= 0.6 is 0 Å². The van der Waals surface area contributed by atoms with E-state index in [0.29, 0.717) is 25.0 Å². The van der Waals surface area contributed by atoms with Gasteiger partial charge in [0.15, 0.2) is 0 Å². The summed E-state index contributed by atoms with van der Waals surface area (Å²) in [6, 6.07) is 3.84. The van der Waals surface area contributed by atoms with Gasteiger partial charge >= 0.3 is 0 Å². The number of methoxy groups -OCH3 is 1. The van der Waals surface area contributed by atoms with Crippen LogP contribution in [0, 0.1) is 5.92 Å². The number of ether oxygens (including phenoxy) is 3. The molecule has 0 aliphatic carbocycles. The molecular formula is C13H20N2O3. The normalized spacial score (nSPS) is 18.8. The predicted molar refractivity (Wildman–Crippen MR) is 69.0 cm³/mol. The van der Waals surface area contributed by atoms with Crippen LogP contribution in [0.3, 0.4) is 0 Å². The van der Waals surface area contributed by atoms with E-state index < -0.39 is 0 Å². The zero-order valence-corrected chi connectivity index (χ0v) is 10.7. The Balaban J connectivity index is 1.72. The van der Waals surface area contributed by atoms with E-state index >= 15 is 0 Å². The van der Waals surface area contributed by atoms with Crippen molar-refractivity contribution >= 4 is 5.69 Å². The molecule has 1 aliphatic heterocycles. The standard InChI is InChI=1S/C13H20N2O3/c1-16-6-7-18-13-3-2-12(9-15-13)14-8-11-4-5-17-10-11/h2-3,9,11,14H,4-8,10H2,1H3. The van der Waals surface area contributed by atoms with Crippen molar-refractivity contribution in [2.45, 2.75) is 6.42 Å². The van der Waals surface area contributed by atoms with Gasteiger partial charge in [0.1, 0.15) is 6.61 Å². The van der Waals surface area contributed by atoms with Gasteiger partial charge in [-0.1, -0.05) is 0 Å². The average Bonchev–Trinajstić information content (AvgIpc) is 2.91. The summed E-state index contributed by atoms with van der Waals surface area (Å²) in [5.74, 6) is 1.24. The van der Waals surface area contributed by atoms with Gasteiger partial charge < -0.3 is 19.5 Å². The Morgan fingerprint density at radius 1 is 1.44 bits per heavy atom. The number of nitrogens with zero attached hydrogens (tertiary/aromatic N) is 1. The molecule has 0 amide bonds. The van der Waals surface area contributed by atoms with Gasteiger partial charge in [-0.2, -0.15) is 0 Å². The maximum atomic E-state index is 5.40. The number of anilines is 1. The van der Waals surface area contributed by atoms with Crippen molar-refractivity contribution in [3.05, 3.63) is 18.3 Å². The second-order valence-corrected chi connectivity index (χ2v) is 4.34. The number of nitrogens with one attached hydrogen (secondary N) is 1. The summed E-state index contributed by atoms with van der Waals surface area (Å²) in [4.78, 5) is 4.22. The third-order valence-electron chi connectivity index (χ3n) is 2.89. The minimum Gasteiger partial charge on any atom is -0.475 e. The first kappa shape index (κ1) is 13.1. The lowest BCUT2D eigenvalue weighted by molar-refractivity contribution is 0.144. The van der Waals surface area contributed by atoms with Gasteiger partial charge in [-0.25, -0.2) is 4.98 Å². The molecule has 2 rings (SSSR count). The molecule has 1 unspecified atom stereocenters. The Kier molecular flexibility index (Phi) is 5.23. The third-order valence-corrected chi connectivity index (χ3v) is 2.89. The Bertz CT molecular complexity index is 337. The van der Waals surface area contributed by atoms with Gasteiger partial charge in [0.2, 0.25) is 5.88 Å². The molecule has 0 saturated carbocycles. The van der Waals surface area contributed by atoms with Gasteiger partial charge in [0.25, 0.3) is 0 Å². The lowest BCUT2D eigenvalue weighted by Crippen LogP contribution is -2.14. The summed E-state index contributed by atoms with van der Waals surface area (Å²) in [5, 5.41) is 3.36. The summed E-state index contributed by atoms with van der Waals surface area (Å²) in [6.45, 7) is 3.78. The highest BCUT2D eigenvalue weighted by Gasteiger charge is 2.14. The number of aromatic nitrogens is 1. The number of hydrogen-bond acceptors (Lipinski definition) is 5. The second-order valence-electron chi connectivity index (χ2n) is 4.34. The van der Waals surface area contributed by atoms with Crippen molar-refractivity contribution in [1.29, 1.82) is 0 Å². The van der Waals surface area contributed by atoms with Crippen LogP contribution in [0.5, 0.6) is 5.88 Å². The number of rotatable bonds is 7. The molecule has 5 nitrogen and oxygen atoms in total. The molecule has 2 heterocycles. The molecule has 1 aliphatic rings. The summed E-state index contributed by atoms with van der Waals surface area (Å²) in [7, 11) is 1.65. The molecule has 18 heavy (non-hydrogen) atoms. The molecule has 1 N–H and O–H groups in total. The van der Waals surface area contributed by atoms with Crippen molar-refractivity contribution in [2.24, 2.45) is 5.92 Å². The van der Waals surface area contributed by atoms with Gasteiger partial charge in [-0.05, 0) is 12.5 Å². The average molecular weight is 252 g/mol. The minimum absolute atomic E-state index is 0.524. The summed E-state index contributed by atoms with van der Waals surface area (Å²) < 4.78 is 15.6. The smallest absolute Gasteiger partial charge is 0.213 e. The minimum atomic E-state index is 0.524. The van der Waals surface area contributed by atoms with Crippen molar-refractivity contribution < 1.29 is 14.2 Å². The molecule has 0 bridgehead atoms. The third kappa shape index (κ3) is 4.16. The van der Waals surface area contributed by atoms with E-state index in [1.807, 2.05) is 12.1 Å². The van der Waals surface area contributed by atoms with Gasteiger partial charge in [-0.15, -0.1) is 0 Å². The van der Waals surface area contributed by atoms with Crippen LogP contribution in [-0.4, -0.2) is 45.1 Å². The lowest BCUT2D eigenvalue weighted by Gasteiger charge is -2.11. The van der Waals surface area contributed by atoms with Crippen molar-refractivity contribution in [2.75, 3.05) is 45.4 Å². The predicted octanol–water partition coefficient (Wildman–Crippen LogP) is 1.56. The van der Waals surface area contributed by atoms with Crippen LogP contribution in [0.25, 0.3) is 0 Å². The Labute approximate surface area is 107 Å². The van der Waals surface area contributed by atoms with Crippen LogP contribution in [0.4, 0.5) is 5.69 Å². The molecule has 0 radical (unpaired) electrons. The molecule has 5 heteroatoms. The van der Waals surface area contributed by atoms with Crippen LogP contribution in [0.1, 0.15) is 6.42 Å². The highest BCUT2D eigenvalue weighted by molar-refractivity contribution is 5.42. The first-order valence-electron chi connectivity index (χ1n) is 6.28. The fourth-order valence-electron chi connectivity index (χ4n) is 1.81. The van der Waals surface area contributed by atoms with Crippen molar-refractivity contribution in [3.63, 3.8) is 0 Å². The molecule has 1 aromatic heterocycles. The molecule has 0 aromatic carbocycles. The van der Waals surface area contributed by atoms with Crippen LogP contribution in [0.15, 0.2) is 18.3 Å². The van der Waals surface area contributed by atoms with Crippen LogP contribution in [-0.2, 0) is 9.47 Å². The number of hydrogen-bond donors (Lipinski definition) is 1. The van der Waals surface area contributed by atoms with Gasteiger partial charge in [-0.3, -0.25) is 0 Å². The zero-order chi connectivity index (χ0) is 12.6. The maximum absolute atomic E-state index is 5.40. The topological polar surface area (TPSA) is 52.6 Å². The fourth-order valence-corrected chi connectivity index (χ4v) is 1.81. The highest BCUT2D eigenvalue weighted by Crippen LogP contribution is 2.15. The molecule has 0 spiro atoms. The fraction of sp³-hybridized carbons (Fsp3) is 0.615. The molecule has 100 valence electrons. The molecule has 1 atom stereocenters. The van der Waals surface area contributed by atoms with Crippen LogP contribution in [0.2, 0.25) is 0 Å². The van der Waals surface area contributed by atoms with Crippen molar-refractivity contribution in [3.8, 4) is 5.88 Å². The van der Waals surface area contributed by atoms with E-state index in [2.05, 4.69) is 10.3 Å². The molecule has 1 aromatic rings. The Morgan fingerprint density at radius 2 is 2.39 bits per heavy atom. The summed E-state index contributed by atoms with van der Waals surface area (Å²) in [6.07, 6.45) is 2.93. The monoisotopic (exact) mass is 252 g/mol. The van der Waals surface area contributed by atoms with E-state index in [4.69, 9.17) is 14.2 Å². The number of pyridine rings is 1. The largest absolute Gasteiger partial charge is 0.475 e. The van der Waals surface area contributed by atoms with Gasteiger partial charge in [0.05, 0.1) is 25.1 Å². The maximum Gasteiger partial charge on any atom is 0.213 e. The van der Waals surface area contributed by atoms with E-state index in [-0.39, 0.29) is 0 Å².